The zero-order chi connectivity index (χ0) is 20.1. The molecule has 2 aromatic carbocycles. The maximum absolute atomic E-state index is 10.5. The van der Waals surface area contributed by atoms with Gasteiger partial charge in [-0.2, -0.15) is 10.5 Å². The highest BCUT2D eigenvalue weighted by Gasteiger charge is 2.15. The van der Waals surface area contributed by atoms with E-state index in [2.05, 4.69) is 17.1 Å². The molecule has 28 heavy (non-hydrogen) atoms. The lowest BCUT2D eigenvalue weighted by Crippen LogP contribution is -2.24. The van der Waals surface area contributed by atoms with Crippen LogP contribution in [0.25, 0.3) is 11.4 Å². The molecule has 0 spiro atoms. The Balaban J connectivity index is 1.72. The molecule has 3 aromatic rings. The number of aryl methyl sites for hydroxylation is 2. The molecule has 0 saturated heterocycles. The predicted octanol–water partition coefficient (Wildman–Crippen LogP) is 3.35. The predicted molar refractivity (Wildman–Crippen MR) is 105 cm³/mol. The molecule has 1 N–H and O–H groups in total. The summed E-state index contributed by atoms with van der Waals surface area (Å²) in [6, 6.07) is 15.1. The Labute approximate surface area is 163 Å². The summed E-state index contributed by atoms with van der Waals surface area (Å²) >= 11 is 0. The van der Waals surface area contributed by atoms with E-state index < -0.39 is 6.10 Å². The van der Waals surface area contributed by atoms with Crippen molar-refractivity contribution in [3.05, 3.63) is 71.0 Å². The van der Waals surface area contributed by atoms with Gasteiger partial charge in [-0.25, -0.2) is 4.98 Å². The third-order valence-electron chi connectivity index (χ3n) is 4.42. The van der Waals surface area contributed by atoms with Crippen molar-refractivity contribution in [1.82, 2.24) is 9.55 Å². The number of nitrogens with zero attached hydrogens (tertiary/aromatic N) is 4. The largest absolute Gasteiger partial charge is 0.490 e. The summed E-state index contributed by atoms with van der Waals surface area (Å²) in [6.07, 6.45) is 2.65. The first kappa shape index (κ1) is 19.2. The zero-order valence-corrected chi connectivity index (χ0v) is 15.8. The van der Waals surface area contributed by atoms with E-state index in [-0.39, 0.29) is 13.2 Å². The van der Waals surface area contributed by atoms with E-state index in [1.165, 1.54) is 0 Å². The first-order valence-corrected chi connectivity index (χ1v) is 8.86. The molecular weight excluding hydrogens is 352 g/mol. The fourth-order valence-corrected chi connectivity index (χ4v) is 3.18. The van der Waals surface area contributed by atoms with Crippen molar-refractivity contribution in [2.45, 2.75) is 26.5 Å². The molecule has 1 aromatic heterocycles. The summed E-state index contributed by atoms with van der Waals surface area (Å²) in [4.78, 5) is 4.34. The molecule has 6 nitrogen and oxygen atoms in total. The summed E-state index contributed by atoms with van der Waals surface area (Å²) in [7, 11) is 0. The van der Waals surface area contributed by atoms with Gasteiger partial charge in [0, 0.05) is 18.0 Å². The van der Waals surface area contributed by atoms with Gasteiger partial charge in [-0.05, 0) is 49.2 Å². The number of imidazole rings is 1. The highest BCUT2D eigenvalue weighted by Crippen LogP contribution is 2.25. The van der Waals surface area contributed by atoms with Crippen LogP contribution in [-0.2, 0) is 6.54 Å². The number of aliphatic hydroxyl groups is 1. The van der Waals surface area contributed by atoms with Crippen LogP contribution in [0, 0.1) is 36.5 Å². The van der Waals surface area contributed by atoms with Crippen molar-refractivity contribution in [3.63, 3.8) is 0 Å². The smallest absolute Gasteiger partial charge is 0.141 e. The molecule has 1 unspecified atom stereocenters. The number of aliphatic hydroxyl groups excluding tert-OH is 1. The molecule has 3 rings (SSSR count). The number of hydrogen-bond acceptors (Lipinski definition) is 5. The van der Waals surface area contributed by atoms with E-state index in [4.69, 9.17) is 10.00 Å². The molecule has 1 atom stereocenters. The van der Waals surface area contributed by atoms with Crippen molar-refractivity contribution in [1.29, 1.82) is 10.5 Å². The SMILES string of the molecule is Cc1cc(C#N)cc(C)c1OCC(O)Cn1ccnc1-c1ccccc1C#N. The van der Waals surface area contributed by atoms with Crippen LogP contribution in [0.4, 0.5) is 0 Å². The maximum atomic E-state index is 10.5. The average Bonchev–Trinajstić information content (AvgIpc) is 3.14. The number of ether oxygens (including phenoxy) is 1. The molecular formula is C22H20N4O2. The number of nitriles is 2. The standard InChI is InChI=1S/C22H20N4O2/c1-15-9-17(11-23)10-16(2)21(15)28-14-19(27)13-26-8-7-25-22(26)20-6-4-3-5-18(20)12-24/h3-10,19,27H,13-14H2,1-2H3. The van der Waals surface area contributed by atoms with Crippen molar-refractivity contribution >= 4 is 0 Å². The minimum Gasteiger partial charge on any atom is -0.490 e. The first-order valence-electron chi connectivity index (χ1n) is 8.86. The first-order chi connectivity index (χ1) is 13.5. The van der Waals surface area contributed by atoms with Crippen molar-refractivity contribution in [3.8, 4) is 29.3 Å². The van der Waals surface area contributed by atoms with Crippen molar-refractivity contribution < 1.29 is 9.84 Å². The van der Waals surface area contributed by atoms with E-state index in [0.717, 1.165) is 16.7 Å². The third-order valence-corrected chi connectivity index (χ3v) is 4.42. The van der Waals surface area contributed by atoms with Crippen molar-refractivity contribution in [2.24, 2.45) is 0 Å². The molecule has 6 heteroatoms. The Morgan fingerprint density at radius 3 is 2.54 bits per heavy atom. The number of hydrogen-bond donors (Lipinski definition) is 1. The number of aromatic nitrogens is 2. The number of benzene rings is 2. The second kappa shape index (κ2) is 8.39. The van der Waals surface area contributed by atoms with Gasteiger partial charge in [-0.15, -0.1) is 0 Å². The van der Waals surface area contributed by atoms with Gasteiger partial charge >= 0.3 is 0 Å². The Hall–Kier alpha value is -3.61. The quantitative estimate of drug-likeness (QED) is 0.716. The highest BCUT2D eigenvalue weighted by atomic mass is 16.5. The minimum absolute atomic E-state index is 0.102. The van der Waals surface area contributed by atoms with Crippen LogP contribution in [-0.4, -0.2) is 27.4 Å². The third kappa shape index (κ3) is 4.03. The lowest BCUT2D eigenvalue weighted by atomic mass is 10.1. The summed E-state index contributed by atoms with van der Waals surface area (Å²) in [6.45, 7) is 4.14. The van der Waals surface area contributed by atoms with E-state index in [1.54, 1.807) is 36.7 Å². The normalized spacial score (nSPS) is 11.5. The Morgan fingerprint density at radius 2 is 1.86 bits per heavy atom. The number of rotatable bonds is 6. The van der Waals surface area contributed by atoms with Crippen LogP contribution in [0.5, 0.6) is 5.75 Å². The Kier molecular flexibility index (Phi) is 5.74. The van der Waals surface area contributed by atoms with E-state index in [0.29, 0.717) is 22.7 Å². The maximum Gasteiger partial charge on any atom is 0.141 e. The molecule has 0 bridgehead atoms. The molecule has 0 fully saturated rings. The molecule has 0 aliphatic carbocycles. The van der Waals surface area contributed by atoms with E-state index in [9.17, 15) is 10.4 Å². The molecule has 1 heterocycles. The zero-order valence-electron chi connectivity index (χ0n) is 15.8. The fraction of sp³-hybridized carbons (Fsp3) is 0.227. The molecule has 0 amide bonds. The van der Waals surface area contributed by atoms with Crippen LogP contribution in [0.15, 0.2) is 48.8 Å². The minimum atomic E-state index is -0.767. The highest BCUT2D eigenvalue weighted by molar-refractivity contribution is 5.64. The summed E-state index contributed by atoms with van der Waals surface area (Å²) in [5.74, 6) is 1.31. The van der Waals surface area contributed by atoms with Crippen LogP contribution < -0.4 is 4.74 Å². The Morgan fingerprint density at radius 1 is 1.14 bits per heavy atom. The monoisotopic (exact) mass is 372 g/mol. The van der Waals surface area contributed by atoms with Crippen LogP contribution in [0.2, 0.25) is 0 Å². The molecule has 0 radical (unpaired) electrons. The molecule has 0 aliphatic rings. The van der Waals surface area contributed by atoms with Crippen molar-refractivity contribution in [2.75, 3.05) is 6.61 Å². The lowest BCUT2D eigenvalue weighted by Gasteiger charge is -2.17. The summed E-state index contributed by atoms with van der Waals surface area (Å²) in [5, 5.41) is 28.8. The van der Waals surface area contributed by atoms with E-state index in [1.807, 2.05) is 30.5 Å². The topological polar surface area (TPSA) is 94.9 Å². The van der Waals surface area contributed by atoms with Gasteiger partial charge in [0.05, 0.1) is 29.8 Å². The summed E-state index contributed by atoms with van der Waals surface area (Å²) < 4.78 is 7.63. The average molecular weight is 372 g/mol. The van der Waals surface area contributed by atoms with Gasteiger partial charge in [0.15, 0.2) is 0 Å². The van der Waals surface area contributed by atoms with Gasteiger partial charge in [0.1, 0.15) is 24.3 Å². The Bertz CT molecular complexity index is 1050. The molecule has 0 aliphatic heterocycles. The van der Waals surface area contributed by atoms with Gasteiger partial charge in [0.2, 0.25) is 0 Å². The molecule has 0 saturated carbocycles. The van der Waals surface area contributed by atoms with Gasteiger partial charge in [-0.3, -0.25) is 0 Å². The molecule has 140 valence electrons. The van der Waals surface area contributed by atoms with Crippen LogP contribution in [0.1, 0.15) is 22.3 Å². The lowest BCUT2D eigenvalue weighted by molar-refractivity contribution is 0.0922. The van der Waals surface area contributed by atoms with Gasteiger partial charge < -0.3 is 14.4 Å². The summed E-state index contributed by atoms with van der Waals surface area (Å²) in [5.41, 5.74) is 3.55. The van der Waals surface area contributed by atoms with Crippen LogP contribution in [0.3, 0.4) is 0 Å². The van der Waals surface area contributed by atoms with Gasteiger partial charge in [0.25, 0.3) is 0 Å². The second-order valence-electron chi connectivity index (χ2n) is 6.58. The van der Waals surface area contributed by atoms with Crippen LogP contribution >= 0.6 is 0 Å². The van der Waals surface area contributed by atoms with E-state index >= 15 is 0 Å². The fourth-order valence-electron chi connectivity index (χ4n) is 3.18. The van der Waals surface area contributed by atoms with Gasteiger partial charge in [-0.1, -0.05) is 12.1 Å². The second-order valence-corrected chi connectivity index (χ2v) is 6.58.